The van der Waals surface area contributed by atoms with Crippen molar-refractivity contribution >= 4 is 22.5 Å². The number of nitrogen functional groups attached to an aromatic ring is 1. The van der Waals surface area contributed by atoms with Crippen molar-refractivity contribution in [3.63, 3.8) is 0 Å². The molecule has 1 unspecified atom stereocenters. The minimum absolute atomic E-state index is 0.0128. The molecule has 5 N–H and O–H groups in total. The Bertz CT molecular complexity index is 775. The lowest BCUT2D eigenvalue weighted by atomic mass is 9.96. The van der Waals surface area contributed by atoms with Crippen molar-refractivity contribution in [2.24, 2.45) is 0 Å². The summed E-state index contributed by atoms with van der Waals surface area (Å²) in [5, 5.41) is 41.0. The number of aliphatic hydroxyl groups excluding tert-OH is 2. The molecular weight excluding hydrogens is 310 g/mol. The second kappa shape index (κ2) is 5.09. The average molecular weight is 325 g/mol. The van der Waals surface area contributed by atoms with Crippen LogP contribution in [0.1, 0.15) is 13.2 Å². The molecule has 0 aliphatic carbocycles. The Morgan fingerprint density at radius 3 is 2.83 bits per heavy atom. The zero-order chi connectivity index (χ0) is 16.9. The van der Waals surface area contributed by atoms with Crippen LogP contribution in [-0.2, 0) is 4.74 Å². The van der Waals surface area contributed by atoms with Crippen molar-refractivity contribution in [3.8, 4) is 0 Å². The van der Waals surface area contributed by atoms with Crippen LogP contribution in [0.4, 0.5) is 11.5 Å². The lowest BCUT2D eigenvalue weighted by molar-refractivity contribution is -0.383. The molecule has 0 saturated carbocycles. The predicted octanol–water partition coefficient (Wildman–Crippen LogP) is -1.08. The first kappa shape index (κ1) is 15.6. The van der Waals surface area contributed by atoms with Crippen LogP contribution in [0.25, 0.3) is 11.0 Å². The Hall–Kier alpha value is -2.34. The third-order valence-corrected chi connectivity index (χ3v) is 4.00. The van der Waals surface area contributed by atoms with Gasteiger partial charge in [0.1, 0.15) is 35.3 Å². The second-order valence-corrected chi connectivity index (χ2v) is 5.52. The smallest absolute Gasteiger partial charge is 0.300 e. The third kappa shape index (κ3) is 2.13. The van der Waals surface area contributed by atoms with E-state index in [1.807, 2.05) is 0 Å². The summed E-state index contributed by atoms with van der Waals surface area (Å²) in [5.41, 5.74) is 3.63. The maximum Gasteiger partial charge on any atom is 0.300 e. The molecule has 11 heteroatoms. The van der Waals surface area contributed by atoms with Crippen molar-refractivity contribution in [1.29, 1.82) is 0 Å². The molecule has 1 aliphatic heterocycles. The van der Waals surface area contributed by atoms with Crippen LogP contribution in [0.5, 0.6) is 0 Å². The molecule has 1 aliphatic rings. The van der Waals surface area contributed by atoms with E-state index in [1.165, 1.54) is 11.5 Å². The first-order chi connectivity index (χ1) is 10.8. The van der Waals surface area contributed by atoms with Gasteiger partial charge in [-0.1, -0.05) is 0 Å². The van der Waals surface area contributed by atoms with Gasteiger partial charge in [0.05, 0.1) is 17.7 Å². The fraction of sp³-hybridized carbons (Fsp3) is 0.500. The fourth-order valence-electron chi connectivity index (χ4n) is 2.80. The molecule has 124 valence electrons. The Morgan fingerprint density at radius 2 is 2.26 bits per heavy atom. The van der Waals surface area contributed by atoms with Gasteiger partial charge < -0.3 is 25.8 Å². The van der Waals surface area contributed by atoms with Crippen LogP contribution in [0, 0.1) is 10.1 Å². The molecule has 1 fully saturated rings. The monoisotopic (exact) mass is 325 g/mol. The molecule has 2 aromatic heterocycles. The molecule has 23 heavy (non-hydrogen) atoms. The van der Waals surface area contributed by atoms with Crippen LogP contribution in [-0.4, -0.2) is 59.2 Å². The highest BCUT2D eigenvalue weighted by molar-refractivity contribution is 5.95. The number of aliphatic hydroxyl groups is 3. The van der Waals surface area contributed by atoms with E-state index in [2.05, 4.69) is 9.97 Å². The quantitative estimate of drug-likeness (QED) is 0.405. The van der Waals surface area contributed by atoms with Crippen LogP contribution >= 0.6 is 0 Å². The highest BCUT2D eigenvalue weighted by Crippen LogP contribution is 2.42. The summed E-state index contributed by atoms with van der Waals surface area (Å²) < 4.78 is 6.67. The molecular formula is C12H15N5O6. The number of nitro groups is 1. The maximum atomic E-state index is 11.2. The van der Waals surface area contributed by atoms with Gasteiger partial charge in [0, 0.05) is 0 Å². The van der Waals surface area contributed by atoms with Gasteiger partial charge >= 0.3 is 0 Å². The van der Waals surface area contributed by atoms with Crippen molar-refractivity contribution < 1.29 is 25.0 Å². The SMILES string of the molecule is CC1(O)[C@H](O)[C@@H](CO)O[C@H]1n1cc([N+](=O)[O-])c2c(N)ncnc21. The summed E-state index contributed by atoms with van der Waals surface area (Å²) in [6, 6.07) is 0. The van der Waals surface area contributed by atoms with E-state index in [1.54, 1.807) is 0 Å². The van der Waals surface area contributed by atoms with E-state index in [-0.39, 0.29) is 22.5 Å². The number of hydrogen-bond acceptors (Lipinski definition) is 9. The van der Waals surface area contributed by atoms with E-state index >= 15 is 0 Å². The highest BCUT2D eigenvalue weighted by Gasteiger charge is 2.53. The molecule has 0 radical (unpaired) electrons. The number of anilines is 1. The summed E-state index contributed by atoms with van der Waals surface area (Å²) in [6.45, 7) is 0.784. The number of aromatic nitrogens is 3. The Morgan fingerprint density at radius 1 is 1.57 bits per heavy atom. The van der Waals surface area contributed by atoms with Crippen molar-refractivity contribution in [3.05, 3.63) is 22.6 Å². The van der Waals surface area contributed by atoms with E-state index in [4.69, 9.17) is 10.5 Å². The standard InChI is InChI=1S/C12H15N5O6/c1-12(20)8(19)6(3-18)23-11(12)16-2-5(17(21)22)7-9(13)14-4-15-10(7)16/h2,4,6,8,11,18-20H,3H2,1H3,(H2,13,14,15)/t6-,8-,11-,12?/m1/s1. The van der Waals surface area contributed by atoms with Gasteiger partial charge in [-0.15, -0.1) is 0 Å². The Labute approximate surface area is 129 Å². The van der Waals surface area contributed by atoms with Gasteiger partial charge in [-0.25, -0.2) is 9.97 Å². The highest BCUT2D eigenvalue weighted by atomic mass is 16.6. The lowest BCUT2D eigenvalue weighted by Gasteiger charge is -2.27. The number of hydrogen-bond donors (Lipinski definition) is 4. The summed E-state index contributed by atoms with van der Waals surface area (Å²) in [4.78, 5) is 18.3. The molecule has 3 rings (SSSR count). The fourth-order valence-corrected chi connectivity index (χ4v) is 2.80. The summed E-state index contributed by atoms with van der Waals surface area (Å²) in [5.74, 6) is -0.0858. The van der Waals surface area contributed by atoms with Crippen molar-refractivity contribution in [1.82, 2.24) is 14.5 Å². The summed E-state index contributed by atoms with van der Waals surface area (Å²) >= 11 is 0. The number of fused-ring (bicyclic) bond motifs is 1. The number of ether oxygens (including phenoxy) is 1. The minimum Gasteiger partial charge on any atom is -0.394 e. The molecule has 0 spiro atoms. The van der Waals surface area contributed by atoms with Crippen LogP contribution < -0.4 is 5.73 Å². The zero-order valence-corrected chi connectivity index (χ0v) is 12.0. The molecule has 2 aromatic rings. The molecule has 4 atom stereocenters. The second-order valence-electron chi connectivity index (χ2n) is 5.52. The van der Waals surface area contributed by atoms with Gasteiger partial charge in [-0.2, -0.15) is 0 Å². The van der Waals surface area contributed by atoms with Gasteiger partial charge in [-0.05, 0) is 6.92 Å². The molecule has 1 saturated heterocycles. The predicted molar refractivity (Wildman–Crippen MR) is 76.2 cm³/mol. The maximum absolute atomic E-state index is 11.2. The molecule has 3 heterocycles. The summed E-state index contributed by atoms with van der Waals surface area (Å²) in [7, 11) is 0. The lowest BCUT2D eigenvalue weighted by Crippen LogP contribution is -2.44. The minimum atomic E-state index is -1.80. The number of rotatable bonds is 3. The Kier molecular flexibility index (Phi) is 3.44. The molecule has 11 nitrogen and oxygen atoms in total. The number of nitrogens with two attached hydrogens (primary N) is 1. The van der Waals surface area contributed by atoms with Crippen LogP contribution in [0.2, 0.25) is 0 Å². The van der Waals surface area contributed by atoms with Crippen molar-refractivity contribution in [2.75, 3.05) is 12.3 Å². The van der Waals surface area contributed by atoms with Gasteiger partial charge in [0.15, 0.2) is 11.9 Å². The van der Waals surface area contributed by atoms with E-state index in [0.29, 0.717) is 0 Å². The first-order valence-electron chi connectivity index (χ1n) is 6.71. The average Bonchev–Trinajstić information content (AvgIpc) is 2.97. The van der Waals surface area contributed by atoms with E-state index in [9.17, 15) is 25.4 Å². The van der Waals surface area contributed by atoms with Crippen molar-refractivity contribution in [2.45, 2.75) is 31.0 Å². The van der Waals surface area contributed by atoms with E-state index < -0.39 is 35.6 Å². The third-order valence-electron chi connectivity index (χ3n) is 4.00. The molecule has 0 aromatic carbocycles. The molecule has 0 bridgehead atoms. The van der Waals surface area contributed by atoms with Crippen LogP contribution in [0.15, 0.2) is 12.5 Å². The summed E-state index contributed by atoms with van der Waals surface area (Å²) in [6.07, 6.45) is -1.37. The van der Waals surface area contributed by atoms with Gasteiger partial charge in [0.2, 0.25) is 0 Å². The van der Waals surface area contributed by atoms with Crippen LogP contribution in [0.3, 0.4) is 0 Å². The zero-order valence-electron chi connectivity index (χ0n) is 12.0. The largest absolute Gasteiger partial charge is 0.394 e. The van der Waals surface area contributed by atoms with E-state index in [0.717, 1.165) is 12.5 Å². The first-order valence-corrected chi connectivity index (χ1v) is 6.71. The normalized spacial score (nSPS) is 30.9. The Balaban J connectivity index is 2.21. The molecule has 0 amide bonds. The topological polar surface area (TPSA) is 170 Å². The number of nitrogens with zero attached hydrogens (tertiary/aromatic N) is 4. The van der Waals surface area contributed by atoms with Gasteiger partial charge in [-0.3, -0.25) is 14.7 Å². The van der Waals surface area contributed by atoms with Gasteiger partial charge in [0.25, 0.3) is 5.69 Å².